The predicted molar refractivity (Wildman–Crippen MR) is 74.8 cm³/mol. The first-order valence-electron chi connectivity index (χ1n) is 6.04. The zero-order chi connectivity index (χ0) is 14.6. The maximum Gasteiger partial charge on any atom is 0.416 e. The molecule has 1 nitrogen and oxygen atoms in total. The van der Waals surface area contributed by atoms with E-state index in [1.807, 2.05) is 24.3 Å². The molecule has 0 aromatic heterocycles. The molecule has 0 aliphatic rings. The molecule has 1 N–H and O–H groups in total. The summed E-state index contributed by atoms with van der Waals surface area (Å²) in [5.41, 5.74) is 2.04. The van der Waals surface area contributed by atoms with Crippen molar-refractivity contribution in [3.05, 3.63) is 65.2 Å². The zero-order valence-electron chi connectivity index (χ0n) is 10.5. The van der Waals surface area contributed by atoms with Gasteiger partial charge in [-0.2, -0.15) is 13.2 Å². The van der Waals surface area contributed by atoms with Crippen LogP contribution in [0.15, 0.2) is 48.5 Å². The smallest absolute Gasteiger partial charge is 0.381 e. The van der Waals surface area contributed by atoms with Gasteiger partial charge in [0.25, 0.3) is 0 Å². The minimum absolute atomic E-state index is 0.439. The van der Waals surface area contributed by atoms with Gasteiger partial charge in [0.05, 0.1) is 5.56 Å². The first-order chi connectivity index (χ1) is 9.49. The van der Waals surface area contributed by atoms with Crippen molar-refractivity contribution in [3.8, 4) is 0 Å². The standard InChI is InChI=1S/C15H13ClF3N/c16-9-11-2-1-3-12(8-11)10-20-14-6-4-13(5-7-14)15(17,18)19/h1-8,20H,9-10H2. The highest BCUT2D eigenvalue weighted by Gasteiger charge is 2.29. The Morgan fingerprint density at radius 3 is 2.20 bits per heavy atom. The Morgan fingerprint density at radius 2 is 1.60 bits per heavy atom. The number of nitrogens with one attached hydrogen (secondary N) is 1. The fourth-order valence-electron chi connectivity index (χ4n) is 1.80. The van der Waals surface area contributed by atoms with Gasteiger partial charge in [-0.05, 0) is 35.4 Å². The Kier molecular flexibility index (Phi) is 4.55. The normalized spacial score (nSPS) is 11.4. The van der Waals surface area contributed by atoms with E-state index in [1.165, 1.54) is 12.1 Å². The summed E-state index contributed by atoms with van der Waals surface area (Å²) in [5, 5.41) is 3.08. The second-order valence-electron chi connectivity index (χ2n) is 4.38. The van der Waals surface area contributed by atoms with Crippen LogP contribution in [0.2, 0.25) is 0 Å². The van der Waals surface area contributed by atoms with E-state index in [9.17, 15) is 13.2 Å². The Balaban J connectivity index is 2.00. The summed E-state index contributed by atoms with van der Waals surface area (Å²) in [4.78, 5) is 0. The van der Waals surface area contributed by atoms with Crippen LogP contribution >= 0.6 is 11.6 Å². The lowest BCUT2D eigenvalue weighted by Gasteiger charge is -2.10. The largest absolute Gasteiger partial charge is 0.416 e. The van der Waals surface area contributed by atoms with Crippen molar-refractivity contribution in [2.24, 2.45) is 0 Å². The van der Waals surface area contributed by atoms with Gasteiger partial charge in [-0.1, -0.05) is 24.3 Å². The summed E-state index contributed by atoms with van der Waals surface area (Å²) in [6, 6.07) is 12.7. The molecule has 5 heteroatoms. The molecule has 2 aromatic carbocycles. The molecule has 0 atom stereocenters. The first kappa shape index (κ1) is 14.7. The van der Waals surface area contributed by atoms with Crippen molar-refractivity contribution in [2.75, 3.05) is 5.32 Å². The predicted octanol–water partition coefficient (Wildman–Crippen LogP) is 5.06. The minimum Gasteiger partial charge on any atom is -0.381 e. The van der Waals surface area contributed by atoms with Gasteiger partial charge in [-0.3, -0.25) is 0 Å². The lowest BCUT2D eigenvalue weighted by atomic mass is 10.1. The van der Waals surface area contributed by atoms with Crippen LogP contribution in [0.1, 0.15) is 16.7 Å². The van der Waals surface area contributed by atoms with E-state index in [0.29, 0.717) is 18.1 Å². The summed E-state index contributed by atoms with van der Waals surface area (Å²) in [6.07, 6.45) is -4.30. The molecule has 0 aliphatic heterocycles. The summed E-state index contributed by atoms with van der Waals surface area (Å²) in [5.74, 6) is 0.439. The van der Waals surface area contributed by atoms with Crippen LogP contribution in [0, 0.1) is 0 Å². The summed E-state index contributed by atoms with van der Waals surface area (Å²) in [7, 11) is 0. The zero-order valence-corrected chi connectivity index (χ0v) is 11.3. The number of hydrogen-bond donors (Lipinski definition) is 1. The third-order valence-corrected chi connectivity index (χ3v) is 3.16. The van der Waals surface area contributed by atoms with Gasteiger partial charge in [0.2, 0.25) is 0 Å². The topological polar surface area (TPSA) is 12.0 Å². The second-order valence-corrected chi connectivity index (χ2v) is 4.65. The van der Waals surface area contributed by atoms with E-state index >= 15 is 0 Å². The number of anilines is 1. The van der Waals surface area contributed by atoms with Crippen LogP contribution in [0.4, 0.5) is 18.9 Å². The number of alkyl halides is 4. The van der Waals surface area contributed by atoms with Crippen molar-refractivity contribution in [2.45, 2.75) is 18.6 Å². The average Bonchev–Trinajstić information content (AvgIpc) is 2.45. The fraction of sp³-hybridized carbons (Fsp3) is 0.200. The minimum atomic E-state index is -4.30. The molecule has 0 saturated heterocycles. The van der Waals surface area contributed by atoms with Crippen LogP contribution in [0.5, 0.6) is 0 Å². The van der Waals surface area contributed by atoms with E-state index in [-0.39, 0.29) is 0 Å². The van der Waals surface area contributed by atoms with E-state index in [4.69, 9.17) is 11.6 Å². The highest BCUT2D eigenvalue weighted by atomic mass is 35.5. The molecular weight excluding hydrogens is 287 g/mol. The molecule has 106 valence electrons. The highest BCUT2D eigenvalue weighted by molar-refractivity contribution is 6.17. The van der Waals surface area contributed by atoms with Crippen LogP contribution in [0.25, 0.3) is 0 Å². The maximum atomic E-state index is 12.4. The number of rotatable bonds is 4. The molecule has 0 amide bonds. The van der Waals surface area contributed by atoms with Gasteiger partial charge in [0.1, 0.15) is 0 Å². The van der Waals surface area contributed by atoms with E-state index < -0.39 is 11.7 Å². The maximum absolute atomic E-state index is 12.4. The molecule has 2 aromatic rings. The summed E-state index contributed by atoms with van der Waals surface area (Å²) >= 11 is 5.75. The van der Waals surface area contributed by atoms with Crippen molar-refractivity contribution < 1.29 is 13.2 Å². The highest BCUT2D eigenvalue weighted by Crippen LogP contribution is 2.29. The van der Waals surface area contributed by atoms with Crippen LogP contribution in [-0.2, 0) is 18.6 Å². The molecular formula is C15H13ClF3N. The quantitative estimate of drug-likeness (QED) is 0.778. The third kappa shape index (κ3) is 3.90. The van der Waals surface area contributed by atoms with Crippen LogP contribution in [-0.4, -0.2) is 0 Å². The van der Waals surface area contributed by atoms with Gasteiger partial charge in [-0.25, -0.2) is 0 Å². The number of benzene rings is 2. The molecule has 0 saturated carbocycles. The van der Waals surface area contributed by atoms with Gasteiger partial charge >= 0.3 is 6.18 Å². The van der Waals surface area contributed by atoms with Crippen molar-refractivity contribution in [1.82, 2.24) is 0 Å². The molecule has 2 rings (SSSR count). The van der Waals surface area contributed by atoms with E-state index in [1.54, 1.807) is 0 Å². The Morgan fingerprint density at radius 1 is 0.950 bits per heavy atom. The fourth-order valence-corrected chi connectivity index (χ4v) is 1.97. The lowest BCUT2D eigenvalue weighted by molar-refractivity contribution is -0.137. The molecule has 0 bridgehead atoms. The Bertz CT molecular complexity index is 564. The van der Waals surface area contributed by atoms with Gasteiger partial charge < -0.3 is 5.32 Å². The van der Waals surface area contributed by atoms with E-state index in [0.717, 1.165) is 23.3 Å². The molecule has 0 unspecified atom stereocenters. The van der Waals surface area contributed by atoms with Gasteiger partial charge in [0.15, 0.2) is 0 Å². The monoisotopic (exact) mass is 299 g/mol. The van der Waals surface area contributed by atoms with Crippen LogP contribution < -0.4 is 5.32 Å². The second kappa shape index (κ2) is 6.18. The number of hydrogen-bond acceptors (Lipinski definition) is 1. The average molecular weight is 300 g/mol. The van der Waals surface area contributed by atoms with E-state index in [2.05, 4.69) is 5.32 Å². The molecule has 0 fully saturated rings. The van der Waals surface area contributed by atoms with Crippen LogP contribution in [0.3, 0.4) is 0 Å². The first-order valence-corrected chi connectivity index (χ1v) is 6.57. The van der Waals surface area contributed by atoms with Crippen molar-refractivity contribution in [3.63, 3.8) is 0 Å². The van der Waals surface area contributed by atoms with Crippen molar-refractivity contribution >= 4 is 17.3 Å². The Labute approximate surface area is 120 Å². The molecule has 0 aliphatic carbocycles. The summed E-state index contributed by atoms with van der Waals surface area (Å²) in [6.45, 7) is 0.538. The molecule has 0 heterocycles. The molecule has 20 heavy (non-hydrogen) atoms. The lowest BCUT2D eigenvalue weighted by Crippen LogP contribution is -2.05. The third-order valence-electron chi connectivity index (χ3n) is 2.85. The van der Waals surface area contributed by atoms with Crippen molar-refractivity contribution in [1.29, 1.82) is 0 Å². The van der Waals surface area contributed by atoms with Gasteiger partial charge in [0, 0.05) is 18.1 Å². The molecule has 0 radical (unpaired) electrons. The van der Waals surface area contributed by atoms with Gasteiger partial charge in [-0.15, -0.1) is 11.6 Å². The summed E-state index contributed by atoms with van der Waals surface area (Å²) < 4.78 is 37.3. The Hall–Kier alpha value is -1.68. The molecule has 0 spiro atoms. The number of halogens is 4. The SMILES string of the molecule is FC(F)(F)c1ccc(NCc2cccc(CCl)c2)cc1.